The summed E-state index contributed by atoms with van der Waals surface area (Å²) in [5.74, 6) is 0.753. The highest BCUT2D eigenvalue weighted by atomic mass is 16.3. The van der Waals surface area contributed by atoms with Gasteiger partial charge in [-0.1, -0.05) is 26.0 Å². The van der Waals surface area contributed by atoms with Crippen molar-refractivity contribution in [3.8, 4) is 0 Å². The summed E-state index contributed by atoms with van der Waals surface area (Å²) in [6.45, 7) is 8.26. The van der Waals surface area contributed by atoms with Gasteiger partial charge in [-0.25, -0.2) is 0 Å². The summed E-state index contributed by atoms with van der Waals surface area (Å²) in [4.78, 5) is 14.4. The largest absolute Gasteiger partial charge is 0.393 e. The molecule has 1 aliphatic rings. The molecule has 1 heterocycles. The average molecular weight is 304 g/mol. The predicted molar refractivity (Wildman–Crippen MR) is 90.0 cm³/mol. The SMILES string of the molecule is CC(C)c1cccc(NC(=O)CN2CCCC(C(C)O)C2)c1. The number of hydrogen-bond donors (Lipinski definition) is 2. The highest BCUT2D eigenvalue weighted by Gasteiger charge is 2.24. The molecule has 0 saturated carbocycles. The molecular weight excluding hydrogens is 276 g/mol. The topological polar surface area (TPSA) is 52.6 Å². The molecule has 4 nitrogen and oxygen atoms in total. The molecule has 1 aromatic rings. The molecule has 0 aliphatic carbocycles. The Kier molecular flexibility index (Phi) is 5.98. The van der Waals surface area contributed by atoms with Crippen LogP contribution in [0.5, 0.6) is 0 Å². The number of carbonyl (C=O) groups excluding carboxylic acids is 1. The number of nitrogens with zero attached hydrogens (tertiary/aromatic N) is 1. The minimum absolute atomic E-state index is 0.0205. The molecule has 0 spiro atoms. The number of benzene rings is 1. The lowest BCUT2D eigenvalue weighted by Crippen LogP contribution is -2.43. The second-order valence-corrected chi connectivity index (χ2v) is 6.71. The van der Waals surface area contributed by atoms with E-state index in [0.29, 0.717) is 12.5 Å². The van der Waals surface area contributed by atoms with E-state index in [4.69, 9.17) is 0 Å². The monoisotopic (exact) mass is 304 g/mol. The van der Waals surface area contributed by atoms with Crippen molar-refractivity contribution in [1.29, 1.82) is 0 Å². The first-order valence-electron chi connectivity index (χ1n) is 8.26. The zero-order valence-electron chi connectivity index (χ0n) is 13.9. The first-order chi connectivity index (χ1) is 10.5. The van der Waals surface area contributed by atoms with Crippen LogP contribution >= 0.6 is 0 Å². The quantitative estimate of drug-likeness (QED) is 0.879. The minimum Gasteiger partial charge on any atom is -0.393 e. The number of amides is 1. The van der Waals surface area contributed by atoms with E-state index in [1.54, 1.807) is 0 Å². The molecule has 122 valence electrons. The number of hydrogen-bond acceptors (Lipinski definition) is 3. The predicted octanol–water partition coefficient (Wildman–Crippen LogP) is 2.84. The third-order valence-corrected chi connectivity index (χ3v) is 4.43. The molecule has 1 aliphatic heterocycles. The Labute approximate surface area is 133 Å². The molecule has 1 saturated heterocycles. The number of aliphatic hydroxyl groups is 1. The lowest BCUT2D eigenvalue weighted by molar-refractivity contribution is -0.118. The van der Waals surface area contributed by atoms with E-state index in [9.17, 15) is 9.90 Å². The first kappa shape index (κ1) is 17.0. The van der Waals surface area contributed by atoms with Crippen LogP contribution in [0.2, 0.25) is 0 Å². The van der Waals surface area contributed by atoms with Crippen molar-refractivity contribution < 1.29 is 9.90 Å². The van der Waals surface area contributed by atoms with Crippen molar-refractivity contribution >= 4 is 11.6 Å². The van der Waals surface area contributed by atoms with Crippen LogP contribution in [0.15, 0.2) is 24.3 Å². The van der Waals surface area contributed by atoms with Crippen LogP contribution < -0.4 is 5.32 Å². The highest BCUT2D eigenvalue weighted by Crippen LogP contribution is 2.20. The molecule has 2 N–H and O–H groups in total. The van der Waals surface area contributed by atoms with Crippen LogP contribution in [0.1, 0.15) is 45.1 Å². The molecule has 1 fully saturated rings. The Hall–Kier alpha value is -1.39. The number of rotatable bonds is 5. The zero-order valence-corrected chi connectivity index (χ0v) is 13.9. The number of anilines is 1. The van der Waals surface area contributed by atoms with E-state index in [2.05, 4.69) is 30.1 Å². The fraction of sp³-hybridized carbons (Fsp3) is 0.611. The van der Waals surface area contributed by atoms with Crippen LogP contribution in [0.4, 0.5) is 5.69 Å². The fourth-order valence-corrected chi connectivity index (χ4v) is 3.01. The normalized spacial score (nSPS) is 20.9. The molecule has 2 rings (SSSR count). The summed E-state index contributed by atoms with van der Waals surface area (Å²) >= 11 is 0. The van der Waals surface area contributed by atoms with Gasteiger partial charge < -0.3 is 10.4 Å². The number of aliphatic hydroxyl groups excluding tert-OH is 1. The number of nitrogens with one attached hydrogen (secondary N) is 1. The van der Waals surface area contributed by atoms with E-state index in [-0.39, 0.29) is 17.9 Å². The second kappa shape index (κ2) is 7.75. The molecule has 1 aromatic carbocycles. The molecular formula is C18H28N2O2. The lowest BCUT2D eigenvalue weighted by Gasteiger charge is -2.33. The van der Waals surface area contributed by atoms with Crippen LogP contribution in [0.25, 0.3) is 0 Å². The first-order valence-corrected chi connectivity index (χ1v) is 8.26. The smallest absolute Gasteiger partial charge is 0.238 e. The van der Waals surface area contributed by atoms with E-state index < -0.39 is 0 Å². The standard InChI is InChI=1S/C18H28N2O2/c1-13(2)15-6-4-8-17(10-15)19-18(22)12-20-9-5-7-16(11-20)14(3)21/h4,6,8,10,13-14,16,21H,5,7,9,11-12H2,1-3H3,(H,19,22). The maximum atomic E-state index is 12.2. The molecule has 4 heteroatoms. The Morgan fingerprint density at radius 2 is 2.18 bits per heavy atom. The molecule has 0 radical (unpaired) electrons. The third kappa shape index (κ3) is 4.82. The molecule has 2 atom stereocenters. The second-order valence-electron chi connectivity index (χ2n) is 6.71. The summed E-state index contributed by atoms with van der Waals surface area (Å²) in [5, 5.41) is 12.7. The fourth-order valence-electron chi connectivity index (χ4n) is 3.01. The molecule has 0 bridgehead atoms. The van der Waals surface area contributed by atoms with E-state index in [1.165, 1.54) is 5.56 Å². The molecule has 1 amide bonds. The summed E-state index contributed by atoms with van der Waals surface area (Å²) in [5.41, 5.74) is 2.09. The zero-order chi connectivity index (χ0) is 16.1. The molecule has 0 aromatic heterocycles. The van der Waals surface area contributed by atoms with Gasteiger partial charge in [0.2, 0.25) is 5.91 Å². The summed E-state index contributed by atoms with van der Waals surface area (Å²) in [6, 6.07) is 8.03. The number of carbonyl (C=O) groups is 1. The van der Waals surface area contributed by atoms with Crippen LogP contribution in [-0.2, 0) is 4.79 Å². The van der Waals surface area contributed by atoms with Crippen molar-refractivity contribution in [3.63, 3.8) is 0 Å². The average Bonchev–Trinajstić information content (AvgIpc) is 2.47. The van der Waals surface area contributed by atoms with Gasteiger partial charge in [-0.05, 0) is 55.8 Å². The van der Waals surface area contributed by atoms with Gasteiger partial charge in [0.15, 0.2) is 0 Å². The van der Waals surface area contributed by atoms with Crippen molar-refractivity contribution in [1.82, 2.24) is 4.90 Å². The lowest BCUT2D eigenvalue weighted by atomic mass is 9.93. The Bertz CT molecular complexity index is 500. The van der Waals surface area contributed by atoms with E-state index in [1.807, 2.05) is 25.1 Å². The summed E-state index contributed by atoms with van der Waals surface area (Å²) in [7, 11) is 0. The van der Waals surface area contributed by atoms with Gasteiger partial charge in [-0.15, -0.1) is 0 Å². The van der Waals surface area contributed by atoms with E-state index >= 15 is 0 Å². The minimum atomic E-state index is -0.298. The Balaban J connectivity index is 1.88. The van der Waals surface area contributed by atoms with Crippen LogP contribution in [0, 0.1) is 5.92 Å². The number of piperidine rings is 1. The van der Waals surface area contributed by atoms with E-state index in [0.717, 1.165) is 31.6 Å². The molecule has 2 unspecified atom stereocenters. The Morgan fingerprint density at radius 3 is 2.86 bits per heavy atom. The summed E-state index contributed by atoms with van der Waals surface area (Å²) in [6.07, 6.45) is 1.80. The van der Waals surface area contributed by atoms with Gasteiger partial charge in [-0.2, -0.15) is 0 Å². The van der Waals surface area contributed by atoms with Gasteiger partial charge in [0, 0.05) is 12.2 Å². The van der Waals surface area contributed by atoms with Gasteiger partial charge in [0.1, 0.15) is 0 Å². The van der Waals surface area contributed by atoms with Crippen molar-refractivity contribution in [3.05, 3.63) is 29.8 Å². The third-order valence-electron chi connectivity index (χ3n) is 4.43. The highest BCUT2D eigenvalue weighted by molar-refractivity contribution is 5.92. The van der Waals surface area contributed by atoms with Crippen molar-refractivity contribution in [2.24, 2.45) is 5.92 Å². The van der Waals surface area contributed by atoms with Gasteiger partial charge in [-0.3, -0.25) is 9.69 Å². The molecule has 22 heavy (non-hydrogen) atoms. The van der Waals surface area contributed by atoms with Crippen LogP contribution in [-0.4, -0.2) is 41.7 Å². The maximum absolute atomic E-state index is 12.2. The van der Waals surface area contributed by atoms with Crippen molar-refractivity contribution in [2.75, 3.05) is 25.0 Å². The maximum Gasteiger partial charge on any atom is 0.238 e. The Morgan fingerprint density at radius 1 is 1.41 bits per heavy atom. The van der Waals surface area contributed by atoms with Crippen LogP contribution in [0.3, 0.4) is 0 Å². The van der Waals surface area contributed by atoms with Crippen molar-refractivity contribution in [2.45, 2.75) is 45.6 Å². The van der Waals surface area contributed by atoms with Gasteiger partial charge in [0.25, 0.3) is 0 Å². The number of likely N-dealkylation sites (tertiary alicyclic amines) is 1. The summed E-state index contributed by atoms with van der Waals surface area (Å²) < 4.78 is 0. The van der Waals surface area contributed by atoms with Gasteiger partial charge >= 0.3 is 0 Å². The van der Waals surface area contributed by atoms with Gasteiger partial charge in [0.05, 0.1) is 12.6 Å².